The first-order chi connectivity index (χ1) is 12.5. The summed E-state index contributed by atoms with van der Waals surface area (Å²) in [5.41, 5.74) is 0.449. The minimum atomic E-state index is -0.945. The number of Topliss-reactive ketones (excluding diaryl/α,β-unsaturated/α-hetero) is 1. The van der Waals surface area contributed by atoms with Crippen LogP contribution in [0.3, 0.4) is 0 Å². The number of aliphatic hydroxyl groups is 1. The van der Waals surface area contributed by atoms with Crippen molar-refractivity contribution in [1.29, 1.82) is 0 Å². The highest BCUT2D eigenvalue weighted by molar-refractivity contribution is 5.90. The highest BCUT2D eigenvalue weighted by Crippen LogP contribution is 2.64. The molecule has 0 amide bonds. The van der Waals surface area contributed by atoms with Gasteiger partial charge in [-0.3, -0.25) is 9.69 Å². The average Bonchev–Trinajstić information content (AvgIpc) is 2.93. The molecule has 138 valence electrons. The van der Waals surface area contributed by atoms with E-state index < -0.39 is 17.1 Å². The third-order valence-corrected chi connectivity index (χ3v) is 8.09. The van der Waals surface area contributed by atoms with Crippen molar-refractivity contribution in [2.24, 2.45) is 5.92 Å². The van der Waals surface area contributed by atoms with Gasteiger partial charge in [0.2, 0.25) is 0 Å². The molecular formula is C21H25NO4. The predicted octanol–water partition coefficient (Wildman–Crippen LogP) is 1.92. The van der Waals surface area contributed by atoms with E-state index in [1.807, 2.05) is 6.07 Å². The van der Waals surface area contributed by atoms with Crippen LogP contribution >= 0.6 is 0 Å². The van der Waals surface area contributed by atoms with Crippen molar-refractivity contribution in [1.82, 2.24) is 4.90 Å². The summed E-state index contributed by atoms with van der Waals surface area (Å²) < 4.78 is 6.06. The number of aromatic hydroxyl groups is 1. The van der Waals surface area contributed by atoms with Gasteiger partial charge in [-0.2, -0.15) is 0 Å². The van der Waals surface area contributed by atoms with Gasteiger partial charge in [-0.25, -0.2) is 0 Å². The number of carbonyl (C=O) groups excluding carboxylic acids is 1. The standard InChI is InChI=1S/C21H25NO4/c23-14-5-4-13-10-16-21(25)7-6-15(24)19-20(21,17(13)18(14)26-19)8-9-22(16)11-12-2-1-3-12/h4-5,12,16,19,23,25H,1-3,6-11H2/t16?,19-,20-,21+/m1/s1. The molecule has 3 fully saturated rings. The summed E-state index contributed by atoms with van der Waals surface area (Å²) in [5.74, 6) is 1.37. The van der Waals surface area contributed by atoms with Gasteiger partial charge in [0.15, 0.2) is 23.4 Å². The lowest BCUT2D eigenvalue weighted by Gasteiger charge is -2.63. The van der Waals surface area contributed by atoms with Crippen molar-refractivity contribution >= 4 is 5.78 Å². The normalized spacial score (nSPS) is 40.7. The number of phenolic OH excluding ortho intramolecular Hbond substituents is 1. The van der Waals surface area contributed by atoms with Crippen LogP contribution in [-0.2, 0) is 16.6 Å². The summed E-state index contributed by atoms with van der Waals surface area (Å²) >= 11 is 0. The lowest BCUT2D eigenvalue weighted by atomic mass is 9.49. The Morgan fingerprint density at radius 3 is 2.88 bits per heavy atom. The van der Waals surface area contributed by atoms with Gasteiger partial charge in [0, 0.05) is 24.6 Å². The van der Waals surface area contributed by atoms with E-state index in [4.69, 9.17) is 4.74 Å². The highest BCUT2D eigenvalue weighted by Gasteiger charge is 2.73. The second-order valence-corrected chi connectivity index (χ2v) is 9.07. The number of hydrogen-bond donors (Lipinski definition) is 2. The van der Waals surface area contributed by atoms with Gasteiger partial charge >= 0.3 is 0 Å². The van der Waals surface area contributed by atoms with Crippen molar-refractivity contribution in [3.8, 4) is 11.5 Å². The zero-order valence-electron chi connectivity index (χ0n) is 14.9. The fraction of sp³-hybridized carbons (Fsp3) is 0.667. The van der Waals surface area contributed by atoms with Gasteiger partial charge in [0.1, 0.15) is 0 Å². The number of likely N-dealkylation sites (tertiary alicyclic amines) is 1. The van der Waals surface area contributed by atoms with Gasteiger partial charge in [0.05, 0.1) is 11.0 Å². The summed E-state index contributed by atoms with van der Waals surface area (Å²) in [5, 5.41) is 22.4. The molecule has 4 atom stereocenters. The Hall–Kier alpha value is -1.59. The Morgan fingerprint density at radius 1 is 1.27 bits per heavy atom. The third kappa shape index (κ3) is 1.59. The van der Waals surface area contributed by atoms with Crippen LogP contribution in [0.4, 0.5) is 0 Å². The molecule has 26 heavy (non-hydrogen) atoms. The first-order valence-corrected chi connectivity index (χ1v) is 10.1. The molecule has 0 aromatic heterocycles. The number of phenols is 1. The zero-order chi connectivity index (χ0) is 17.7. The average molecular weight is 355 g/mol. The van der Waals surface area contributed by atoms with Gasteiger partial charge < -0.3 is 14.9 Å². The topological polar surface area (TPSA) is 70.0 Å². The molecule has 2 bridgehead atoms. The minimum absolute atomic E-state index is 0.0408. The van der Waals surface area contributed by atoms with Crippen molar-refractivity contribution in [3.05, 3.63) is 23.3 Å². The maximum absolute atomic E-state index is 12.8. The van der Waals surface area contributed by atoms with Gasteiger partial charge in [-0.15, -0.1) is 0 Å². The fourth-order valence-corrected chi connectivity index (χ4v) is 6.64. The lowest BCUT2D eigenvalue weighted by molar-refractivity contribution is -0.190. The molecule has 2 N–H and O–H groups in total. The van der Waals surface area contributed by atoms with Gasteiger partial charge in [-0.1, -0.05) is 12.5 Å². The number of ketones is 1. The maximum Gasteiger partial charge on any atom is 0.174 e. The quantitative estimate of drug-likeness (QED) is 0.848. The van der Waals surface area contributed by atoms with E-state index in [-0.39, 0.29) is 17.6 Å². The van der Waals surface area contributed by atoms with Crippen LogP contribution in [0, 0.1) is 5.92 Å². The number of ether oxygens (including phenoxy) is 1. The summed E-state index contributed by atoms with van der Waals surface area (Å²) in [6.07, 6.45) is 5.65. The van der Waals surface area contributed by atoms with Crippen molar-refractivity contribution in [2.45, 2.75) is 68.1 Å². The van der Waals surface area contributed by atoms with Crippen LogP contribution in [0.2, 0.25) is 0 Å². The summed E-state index contributed by atoms with van der Waals surface area (Å²) in [7, 11) is 0. The Balaban J connectivity index is 1.53. The largest absolute Gasteiger partial charge is 0.504 e. The van der Waals surface area contributed by atoms with E-state index in [0.717, 1.165) is 43.0 Å². The van der Waals surface area contributed by atoms with E-state index in [9.17, 15) is 15.0 Å². The second kappa shape index (κ2) is 4.82. The molecule has 5 heteroatoms. The molecule has 1 aromatic carbocycles. The maximum atomic E-state index is 12.8. The monoisotopic (exact) mass is 355 g/mol. The molecule has 2 aliphatic heterocycles. The van der Waals surface area contributed by atoms with Gasteiger partial charge in [-0.05, 0) is 56.2 Å². The minimum Gasteiger partial charge on any atom is -0.504 e. The summed E-state index contributed by atoms with van der Waals surface area (Å²) in [6.45, 7) is 1.95. The molecule has 2 heterocycles. The molecular weight excluding hydrogens is 330 g/mol. The number of carbonyl (C=O) groups is 1. The zero-order valence-corrected chi connectivity index (χ0v) is 14.9. The molecule has 1 unspecified atom stereocenters. The Kier molecular flexibility index (Phi) is 2.86. The molecule has 5 nitrogen and oxygen atoms in total. The first-order valence-electron chi connectivity index (χ1n) is 10.1. The van der Waals surface area contributed by atoms with Crippen molar-refractivity contribution < 1.29 is 19.7 Å². The Bertz CT molecular complexity index is 818. The number of nitrogens with zero attached hydrogens (tertiary/aromatic N) is 1. The Labute approximate surface area is 152 Å². The van der Waals surface area contributed by atoms with E-state index in [2.05, 4.69) is 4.90 Å². The van der Waals surface area contributed by atoms with Crippen LogP contribution in [0.15, 0.2) is 12.1 Å². The molecule has 1 saturated heterocycles. The first kappa shape index (κ1) is 15.5. The highest BCUT2D eigenvalue weighted by atomic mass is 16.5. The molecule has 5 aliphatic rings. The fourth-order valence-electron chi connectivity index (χ4n) is 6.64. The van der Waals surface area contributed by atoms with Crippen molar-refractivity contribution in [2.75, 3.05) is 13.1 Å². The van der Waals surface area contributed by atoms with E-state index >= 15 is 0 Å². The SMILES string of the molecule is O=C1CC[C@]2(O)C3Cc4ccc(O)c5c4[C@]2(CCN3CC2CCC2)[C@@H]1O5. The lowest BCUT2D eigenvalue weighted by Crippen LogP contribution is -2.76. The molecule has 1 aromatic rings. The smallest absolute Gasteiger partial charge is 0.174 e. The Morgan fingerprint density at radius 2 is 2.12 bits per heavy atom. The summed E-state index contributed by atoms with van der Waals surface area (Å²) in [6, 6.07) is 3.70. The number of benzene rings is 1. The van der Waals surface area contributed by atoms with Crippen LogP contribution in [0.1, 0.15) is 49.7 Å². The summed E-state index contributed by atoms with van der Waals surface area (Å²) in [4.78, 5) is 15.3. The third-order valence-electron chi connectivity index (χ3n) is 8.09. The number of hydrogen-bond acceptors (Lipinski definition) is 5. The molecule has 6 rings (SSSR count). The molecule has 3 aliphatic carbocycles. The van der Waals surface area contributed by atoms with E-state index in [1.54, 1.807) is 6.07 Å². The van der Waals surface area contributed by atoms with Gasteiger partial charge in [0.25, 0.3) is 0 Å². The number of piperidine rings is 1. The van der Waals surface area contributed by atoms with E-state index in [0.29, 0.717) is 18.6 Å². The van der Waals surface area contributed by atoms with Crippen molar-refractivity contribution in [3.63, 3.8) is 0 Å². The van der Waals surface area contributed by atoms with Crippen LogP contribution in [-0.4, -0.2) is 51.7 Å². The molecule has 2 saturated carbocycles. The molecule has 0 radical (unpaired) electrons. The number of rotatable bonds is 2. The second-order valence-electron chi connectivity index (χ2n) is 9.07. The van der Waals surface area contributed by atoms with Crippen LogP contribution in [0.25, 0.3) is 0 Å². The van der Waals surface area contributed by atoms with E-state index in [1.165, 1.54) is 19.3 Å². The van der Waals surface area contributed by atoms with Crippen LogP contribution in [0.5, 0.6) is 11.5 Å². The molecule has 1 spiro atoms. The van der Waals surface area contributed by atoms with Crippen LogP contribution < -0.4 is 4.74 Å². The predicted molar refractivity (Wildman–Crippen MR) is 94.4 cm³/mol.